The number of hydrogen-bond donors (Lipinski definition) is 1. The van der Waals surface area contributed by atoms with Crippen molar-refractivity contribution in [1.29, 1.82) is 0 Å². The molecule has 0 aliphatic heterocycles. The predicted molar refractivity (Wildman–Crippen MR) is 65.0 cm³/mol. The van der Waals surface area contributed by atoms with Gasteiger partial charge in [-0.2, -0.15) is 0 Å². The molecule has 1 aromatic carbocycles. The Morgan fingerprint density at radius 1 is 1.28 bits per heavy atom. The molecule has 0 amide bonds. The molecular weight excluding hydrogens is 234 g/mol. The molecule has 1 fully saturated rings. The highest BCUT2D eigenvalue weighted by Crippen LogP contribution is 2.32. The van der Waals surface area contributed by atoms with Crippen molar-refractivity contribution in [2.45, 2.75) is 31.8 Å². The van der Waals surface area contributed by atoms with Crippen LogP contribution in [0.15, 0.2) is 24.3 Å². The molecule has 18 heavy (non-hydrogen) atoms. The Morgan fingerprint density at radius 2 is 1.94 bits per heavy atom. The number of nitro groups is 1. The maximum absolute atomic E-state index is 11.7. The number of aliphatic hydroxyl groups excluding tert-OH is 1. The van der Waals surface area contributed by atoms with Crippen LogP contribution in [0.4, 0.5) is 5.69 Å². The van der Waals surface area contributed by atoms with Gasteiger partial charge in [-0.1, -0.05) is 6.42 Å². The number of hydrogen-bond acceptors (Lipinski definition) is 4. The van der Waals surface area contributed by atoms with Crippen molar-refractivity contribution in [3.8, 4) is 0 Å². The quantitative estimate of drug-likeness (QED) is 0.658. The van der Waals surface area contributed by atoms with E-state index in [1.165, 1.54) is 24.3 Å². The standard InChI is InChI=1S/C13H15NO4/c15-12-4-2-1-3-11(12)13(16)9-5-7-10(8-6-9)14(17)18/h5-8,11,13,16H,1-4H2/t11-,13+/m1/s1. The van der Waals surface area contributed by atoms with Gasteiger partial charge < -0.3 is 5.11 Å². The van der Waals surface area contributed by atoms with Crippen LogP contribution in [0.3, 0.4) is 0 Å². The van der Waals surface area contributed by atoms with E-state index < -0.39 is 11.0 Å². The molecule has 5 nitrogen and oxygen atoms in total. The maximum Gasteiger partial charge on any atom is 0.269 e. The number of benzene rings is 1. The molecule has 0 saturated heterocycles. The normalized spacial score (nSPS) is 21.6. The van der Waals surface area contributed by atoms with Gasteiger partial charge in [-0.15, -0.1) is 0 Å². The zero-order valence-corrected chi connectivity index (χ0v) is 9.91. The van der Waals surface area contributed by atoms with Crippen molar-refractivity contribution in [3.63, 3.8) is 0 Å². The fourth-order valence-electron chi connectivity index (χ4n) is 2.37. The summed E-state index contributed by atoms with van der Waals surface area (Å²) < 4.78 is 0. The lowest BCUT2D eigenvalue weighted by atomic mass is 9.82. The van der Waals surface area contributed by atoms with E-state index in [9.17, 15) is 20.0 Å². The van der Waals surface area contributed by atoms with Gasteiger partial charge in [0.2, 0.25) is 0 Å². The van der Waals surface area contributed by atoms with Crippen molar-refractivity contribution in [2.75, 3.05) is 0 Å². The van der Waals surface area contributed by atoms with Crippen molar-refractivity contribution in [3.05, 3.63) is 39.9 Å². The third-order valence-corrected chi connectivity index (χ3v) is 3.43. The van der Waals surface area contributed by atoms with Crippen molar-refractivity contribution in [1.82, 2.24) is 0 Å². The molecule has 1 N–H and O–H groups in total. The highest BCUT2D eigenvalue weighted by molar-refractivity contribution is 5.82. The molecule has 0 radical (unpaired) electrons. The van der Waals surface area contributed by atoms with E-state index in [1.54, 1.807) is 0 Å². The Balaban J connectivity index is 2.15. The highest BCUT2D eigenvalue weighted by atomic mass is 16.6. The van der Waals surface area contributed by atoms with Gasteiger partial charge >= 0.3 is 0 Å². The summed E-state index contributed by atoms with van der Waals surface area (Å²) in [6.45, 7) is 0. The molecule has 0 aromatic heterocycles. The van der Waals surface area contributed by atoms with Gasteiger partial charge in [0.15, 0.2) is 0 Å². The zero-order valence-electron chi connectivity index (χ0n) is 9.91. The van der Waals surface area contributed by atoms with Crippen LogP contribution in [0.5, 0.6) is 0 Å². The van der Waals surface area contributed by atoms with Crippen molar-refractivity contribution in [2.24, 2.45) is 5.92 Å². The molecule has 1 aliphatic rings. The summed E-state index contributed by atoms with van der Waals surface area (Å²) >= 11 is 0. The first kappa shape index (κ1) is 12.7. The molecule has 0 spiro atoms. The van der Waals surface area contributed by atoms with Crippen molar-refractivity contribution < 1.29 is 14.8 Å². The predicted octanol–water partition coefficient (Wildman–Crippen LogP) is 2.39. The minimum Gasteiger partial charge on any atom is -0.388 e. The summed E-state index contributed by atoms with van der Waals surface area (Å²) in [5.74, 6) is -0.271. The van der Waals surface area contributed by atoms with E-state index in [4.69, 9.17) is 0 Å². The topological polar surface area (TPSA) is 80.4 Å². The largest absolute Gasteiger partial charge is 0.388 e. The fourth-order valence-corrected chi connectivity index (χ4v) is 2.37. The number of rotatable bonds is 3. The lowest BCUT2D eigenvalue weighted by Crippen LogP contribution is -2.25. The first-order valence-electron chi connectivity index (χ1n) is 6.04. The third kappa shape index (κ3) is 2.56. The number of carbonyl (C=O) groups is 1. The summed E-state index contributed by atoms with van der Waals surface area (Å²) in [6.07, 6.45) is 2.20. The lowest BCUT2D eigenvalue weighted by molar-refractivity contribution is -0.384. The van der Waals surface area contributed by atoms with Gasteiger partial charge in [-0.3, -0.25) is 14.9 Å². The van der Waals surface area contributed by atoms with Gasteiger partial charge in [-0.05, 0) is 30.5 Å². The number of ketones is 1. The molecule has 1 aromatic rings. The molecular formula is C13H15NO4. The Labute approximate surface area is 105 Å². The number of carbonyl (C=O) groups excluding carboxylic acids is 1. The van der Waals surface area contributed by atoms with Crippen LogP contribution in [-0.4, -0.2) is 15.8 Å². The van der Waals surface area contributed by atoms with Crippen LogP contribution in [0, 0.1) is 16.0 Å². The maximum atomic E-state index is 11.7. The minimum atomic E-state index is -0.849. The number of Topliss-reactive ketones (excluding diaryl/α,β-unsaturated/α-hetero) is 1. The van der Waals surface area contributed by atoms with Crippen molar-refractivity contribution >= 4 is 11.5 Å². The number of nitrogens with zero attached hydrogens (tertiary/aromatic N) is 1. The van der Waals surface area contributed by atoms with Crippen LogP contribution in [0.25, 0.3) is 0 Å². The van der Waals surface area contributed by atoms with Crippen LogP contribution < -0.4 is 0 Å². The molecule has 1 aliphatic carbocycles. The number of aliphatic hydroxyl groups is 1. The summed E-state index contributed by atoms with van der Waals surface area (Å²) in [5.41, 5.74) is 0.557. The van der Waals surface area contributed by atoms with E-state index in [2.05, 4.69) is 0 Å². The third-order valence-electron chi connectivity index (χ3n) is 3.43. The molecule has 96 valence electrons. The van der Waals surface area contributed by atoms with Crippen LogP contribution in [-0.2, 0) is 4.79 Å². The monoisotopic (exact) mass is 249 g/mol. The minimum absolute atomic E-state index is 0.0130. The second kappa shape index (κ2) is 5.27. The van der Waals surface area contributed by atoms with E-state index in [1.807, 2.05) is 0 Å². The van der Waals surface area contributed by atoms with Crippen LogP contribution in [0.2, 0.25) is 0 Å². The van der Waals surface area contributed by atoms with E-state index >= 15 is 0 Å². The van der Waals surface area contributed by atoms with Gasteiger partial charge in [-0.25, -0.2) is 0 Å². The van der Waals surface area contributed by atoms with E-state index in [0.29, 0.717) is 18.4 Å². The second-order valence-corrected chi connectivity index (χ2v) is 4.61. The summed E-state index contributed by atoms with van der Waals surface area (Å²) in [7, 11) is 0. The van der Waals surface area contributed by atoms with Gasteiger partial charge in [0.25, 0.3) is 5.69 Å². The van der Waals surface area contributed by atoms with E-state index in [-0.39, 0.29) is 17.4 Å². The molecule has 5 heteroatoms. The average Bonchev–Trinajstić information content (AvgIpc) is 2.38. The number of non-ortho nitro benzene ring substituents is 1. The van der Waals surface area contributed by atoms with Gasteiger partial charge in [0.05, 0.1) is 11.0 Å². The van der Waals surface area contributed by atoms with Crippen LogP contribution in [0.1, 0.15) is 37.4 Å². The second-order valence-electron chi connectivity index (χ2n) is 4.61. The van der Waals surface area contributed by atoms with E-state index in [0.717, 1.165) is 12.8 Å². The zero-order chi connectivity index (χ0) is 13.1. The summed E-state index contributed by atoms with van der Waals surface area (Å²) in [6, 6.07) is 5.74. The number of nitro benzene ring substituents is 1. The molecule has 0 bridgehead atoms. The SMILES string of the molecule is O=C1CCCC[C@H]1[C@@H](O)c1ccc([N+](=O)[O-])cc1. The molecule has 1 saturated carbocycles. The average molecular weight is 249 g/mol. The Kier molecular flexibility index (Phi) is 3.72. The summed E-state index contributed by atoms with van der Waals surface area (Å²) in [5, 5.41) is 20.7. The van der Waals surface area contributed by atoms with Crippen LogP contribution >= 0.6 is 0 Å². The fraction of sp³-hybridized carbons (Fsp3) is 0.462. The summed E-state index contributed by atoms with van der Waals surface area (Å²) in [4.78, 5) is 21.8. The van der Waals surface area contributed by atoms with Gasteiger partial charge in [0, 0.05) is 24.5 Å². The smallest absolute Gasteiger partial charge is 0.269 e. The lowest BCUT2D eigenvalue weighted by Gasteiger charge is -2.25. The molecule has 2 rings (SSSR count). The first-order valence-corrected chi connectivity index (χ1v) is 6.04. The molecule has 0 unspecified atom stereocenters. The molecule has 2 atom stereocenters. The van der Waals surface area contributed by atoms with Gasteiger partial charge in [0.1, 0.15) is 5.78 Å². The molecule has 0 heterocycles. The highest BCUT2D eigenvalue weighted by Gasteiger charge is 2.30. The Bertz CT molecular complexity index is 455. The Hall–Kier alpha value is -1.75. The first-order chi connectivity index (χ1) is 8.59. The Morgan fingerprint density at radius 3 is 2.50 bits per heavy atom.